The smallest absolute Gasteiger partial charge is 0.0713 e. The summed E-state index contributed by atoms with van der Waals surface area (Å²) in [5.41, 5.74) is 1.22. The minimum absolute atomic E-state index is 0.709. The molecular weight excluding hydrogens is 174 g/mol. The topological polar surface area (TPSA) is 21.3 Å². The highest BCUT2D eigenvalue weighted by Gasteiger charge is 1.93. The quantitative estimate of drug-likeness (QED) is 0.777. The van der Waals surface area contributed by atoms with E-state index < -0.39 is 0 Å². The van der Waals surface area contributed by atoms with E-state index in [4.69, 9.17) is 4.74 Å². The summed E-state index contributed by atoms with van der Waals surface area (Å²) >= 11 is 0. The number of rotatable bonds is 2. The molecule has 14 heavy (non-hydrogen) atoms. The fraction of sp³-hybridized carbons (Fsp3) is 0.500. The summed E-state index contributed by atoms with van der Waals surface area (Å²) in [5, 5.41) is 3.22. The molecule has 0 unspecified atom stereocenters. The molecule has 1 aromatic rings. The zero-order valence-corrected chi connectivity index (χ0v) is 8.83. The van der Waals surface area contributed by atoms with E-state index in [1.54, 1.807) is 7.11 Å². The third kappa shape index (κ3) is 5.00. The average Bonchev–Trinajstić information content (AvgIpc) is 2.78. The lowest BCUT2D eigenvalue weighted by atomic mass is 10.2. The summed E-state index contributed by atoms with van der Waals surface area (Å²) in [7, 11) is 1.70. The molecular formula is C12H19NO. The Morgan fingerprint density at radius 2 is 1.79 bits per heavy atom. The number of benzene rings is 1. The van der Waals surface area contributed by atoms with Crippen molar-refractivity contribution in [2.24, 2.45) is 0 Å². The summed E-state index contributed by atoms with van der Waals surface area (Å²) in [6.07, 6.45) is 2.78. The number of nitrogens with one attached hydrogen (secondary N) is 1. The van der Waals surface area contributed by atoms with Gasteiger partial charge in [0.2, 0.25) is 0 Å². The van der Waals surface area contributed by atoms with Crippen LogP contribution in [0.2, 0.25) is 0 Å². The van der Waals surface area contributed by atoms with Gasteiger partial charge in [-0.2, -0.15) is 0 Å². The third-order valence-corrected chi connectivity index (χ3v) is 2.11. The van der Waals surface area contributed by atoms with Gasteiger partial charge in [0, 0.05) is 7.11 Å². The molecule has 0 spiro atoms. The zero-order valence-electron chi connectivity index (χ0n) is 8.83. The molecule has 0 bridgehead atoms. The highest BCUT2D eigenvalue weighted by atomic mass is 16.5. The Kier molecular flexibility index (Phi) is 6.04. The van der Waals surface area contributed by atoms with Crippen molar-refractivity contribution in [1.29, 1.82) is 0 Å². The van der Waals surface area contributed by atoms with Gasteiger partial charge in [0.15, 0.2) is 0 Å². The average molecular weight is 193 g/mol. The van der Waals surface area contributed by atoms with Gasteiger partial charge in [-0.25, -0.2) is 0 Å². The van der Waals surface area contributed by atoms with E-state index in [0.29, 0.717) is 6.61 Å². The summed E-state index contributed by atoms with van der Waals surface area (Å²) in [6.45, 7) is 3.21. The minimum atomic E-state index is 0.709. The summed E-state index contributed by atoms with van der Waals surface area (Å²) in [4.78, 5) is 0. The van der Waals surface area contributed by atoms with Gasteiger partial charge in [-0.15, -0.1) is 0 Å². The molecule has 2 nitrogen and oxygen atoms in total. The van der Waals surface area contributed by atoms with Crippen molar-refractivity contribution in [2.45, 2.75) is 19.4 Å². The second kappa shape index (κ2) is 7.54. The van der Waals surface area contributed by atoms with Crippen LogP contribution in [0.5, 0.6) is 0 Å². The van der Waals surface area contributed by atoms with Crippen molar-refractivity contribution in [3.05, 3.63) is 35.9 Å². The number of methoxy groups -OCH3 is 1. The number of hydrogen-bond acceptors (Lipinski definition) is 2. The van der Waals surface area contributed by atoms with Crippen molar-refractivity contribution in [1.82, 2.24) is 5.32 Å². The van der Waals surface area contributed by atoms with Gasteiger partial charge >= 0.3 is 0 Å². The molecule has 78 valence electrons. The maximum absolute atomic E-state index is 4.93. The molecule has 0 saturated carbocycles. The Morgan fingerprint density at radius 1 is 1.14 bits per heavy atom. The van der Waals surface area contributed by atoms with Crippen molar-refractivity contribution in [3.63, 3.8) is 0 Å². The lowest BCUT2D eigenvalue weighted by Gasteiger charge is -1.95. The van der Waals surface area contributed by atoms with Gasteiger partial charge in [-0.1, -0.05) is 30.3 Å². The van der Waals surface area contributed by atoms with Crippen LogP contribution >= 0.6 is 0 Å². The molecule has 1 aliphatic rings. The molecule has 1 saturated heterocycles. The van der Waals surface area contributed by atoms with E-state index in [2.05, 4.69) is 5.32 Å². The van der Waals surface area contributed by atoms with E-state index in [1.807, 2.05) is 30.3 Å². The van der Waals surface area contributed by atoms with Gasteiger partial charge in [0.1, 0.15) is 0 Å². The molecule has 1 heterocycles. The third-order valence-electron chi connectivity index (χ3n) is 2.11. The van der Waals surface area contributed by atoms with E-state index in [1.165, 1.54) is 31.5 Å². The largest absolute Gasteiger partial charge is 0.380 e. The molecule has 2 rings (SSSR count). The lowest BCUT2D eigenvalue weighted by Crippen LogP contribution is -2.03. The first-order chi connectivity index (χ1) is 6.93. The van der Waals surface area contributed by atoms with Gasteiger partial charge < -0.3 is 10.1 Å². The summed E-state index contributed by atoms with van der Waals surface area (Å²) < 4.78 is 4.93. The maximum Gasteiger partial charge on any atom is 0.0713 e. The van der Waals surface area contributed by atoms with Crippen molar-refractivity contribution in [3.8, 4) is 0 Å². The predicted molar refractivity (Wildman–Crippen MR) is 59.3 cm³/mol. The van der Waals surface area contributed by atoms with Crippen LogP contribution in [0.3, 0.4) is 0 Å². The van der Waals surface area contributed by atoms with Crippen LogP contribution in [0.4, 0.5) is 0 Å². The highest BCUT2D eigenvalue weighted by Crippen LogP contribution is 1.98. The Hall–Kier alpha value is -0.860. The lowest BCUT2D eigenvalue weighted by molar-refractivity contribution is 0.185. The van der Waals surface area contributed by atoms with Crippen LogP contribution < -0.4 is 5.32 Å². The standard InChI is InChI=1S/C8H10O.C4H9N/c1-9-7-8-5-3-2-4-6-8;1-2-4-5-3-1/h2-6H,7H2,1H3;5H,1-4H2. The van der Waals surface area contributed by atoms with Crippen molar-refractivity contribution in [2.75, 3.05) is 20.2 Å². The second-order valence-corrected chi connectivity index (χ2v) is 3.38. The zero-order chi connectivity index (χ0) is 10.1. The van der Waals surface area contributed by atoms with Crippen molar-refractivity contribution >= 4 is 0 Å². The molecule has 1 aromatic carbocycles. The molecule has 0 radical (unpaired) electrons. The molecule has 1 N–H and O–H groups in total. The first-order valence-corrected chi connectivity index (χ1v) is 5.17. The van der Waals surface area contributed by atoms with E-state index in [0.717, 1.165) is 0 Å². The molecule has 0 amide bonds. The predicted octanol–water partition coefficient (Wildman–Crippen LogP) is 2.20. The Morgan fingerprint density at radius 3 is 2.21 bits per heavy atom. The summed E-state index contributed by atoms with van der Waals surface area (Å²) in [6, 6.07) is 10.1. The molecule has 0 aliphatic carbocycles. The molecule has 0 atom stereocenters. The SMILES string of the molecule is C1CCNC1.COCc1ccccc1. The van der Waals surface area contributed by atoms with Gasteiger partial charge in [-0.05, 0) is 31.5 Å². The van der Waals surface area contributed by atoms with E-state index >= 15 is 0 Å². The van der Waals surface area contributed by atoms with Gasteiger partial charge in [0.25, 0.3) is 0 Å². The fourth-order valence-electron chi connectivity index (χ4n) is 1.37. The van der Waals surface area contributed by atoms with Crippen LogP contribution in [-0.2, 0) is 11.3 Å². The minimum Gasteiger partial charge on any atom is -0.380 e. The summed E-state index contributed by atoms with van der Waals surface area (Å²) in [5.74, 6) is 0. The van der Waals surface area contributed by atoms with Gasteiger partial charge in [0.05, 0.1) is 6.61 Å². The van der Waals surface area contributed by atoms with Crippen LogP contribution in [0.15, 0.2) is 30.3 Å². The van der Waals surface area contributed by atoms with Crippen LogP contribution in [-0.4, -0.2) is 20.2 Å². The van der Waals surface area contributed by atoms with E-state index in [-0.39, 0.29) is 0 Å². The Bertz CT molecular complexity index is 211. The first-order valence-electron chi connectivity index (χ1n) is 5.17. The monoisotopic (exact) mass is 193 g/mol. The first kappa shape index (κ1) is 11.2. The molecule has 1 aliphatic heterocycles. The normalized spacial score (nSPS) is 14.6. The van der Waals surface area contributed by atoms with Gasteiger partial charge in [-0.3, -0.25) is 0 Å². The maximum atomic E-state index is 4.93. The fourth-order valence-corrected chi connectivity index (χ4v) is 1.37. The van der Waals surface area contributed by atoms with E-state index in [9.17, 15) is 0 Å². The van der Waals surface area contributed by atoms with Crippen LogP contribution in [0.25, 0.3) is 0 Å². The van der Waals surface area contributed by atoms with Crippen molar-refractivity contribution < 1.29 is 4.74 Å². The molecule has 2 heteroatoms. The van der Waals surface area contributed by atoms with Crippen LogP contribution in [0, 0.1) is 0 Å². The second-order valence-electron chi connectivity index (χ2n) is 3.38. The number of hydrogen-bond donors (Lipinski definition) is 1. The number of ether oxygens (including phenoxy) is 1. The highest BCUT2D eigenvalue weighted by molar-refractivity contribution is 5.13. The Balaban J connectivity index is 0.000000165. The Labute approximate surface area is 86.3 Å². The molecule has 1 fully saturated rings. The molecule has 0 aromatic heterocycles. The van der Waals surface area contributed by atoms with Crippen LogP contribution in [0.1, 0.15) is 18.4 Å².